The number of likely N-dealkylation sites (tertiary alicyclic amines) is 1. The molecule has 4 atom stereocenters. The number of aromatic nitrogens is 3. The van der Waals surface area contributed by atoms with Crippen LogP contribution in [0.5, 0.6) is 11.6 Å². The Kier molecular flexibility index (Phi) is 13.6. The average Bonchev–Trinajstić information content (AvgIpc) is 3.81. The molecule has 9 rings (SSSR count). The summed E-state index contributed by atoms with van der Waals surface area (Å²) in [6.45, 7) is 5.87. The number of benzene rings is 2. The van der Waals surface area contributed by atoms with Gasteiger partial charge in [0.05, 0.1) is 36.5 Å². The third kappa shape index (κ3) is 9.38. The number of primary amides is 1. The molecule has 2 aromatic carbocycles. The summed E-state index contributed by atoms with van der Waals surface area (Å²) in [5.41, 5.74) is 9.57. The zero-order chi connectivity index (χ0) is 45.9. The molecule has 3 amide bonds. The Balaban J connectivity index is 0.757. The van der Waals surface area contributed by atoms with Crippen LogP contribution >= 0.6 is 0 Å². The summed E-state index contributed by atoms with van der Waals surface area (Å²) in [4.78, 5) is 61.3. The van der Waals surface area contributed by atoms with Crippen molar-refractivity contribution < 1.29 is 37.8 Å². The number of amides is 3. The number of hydrogen-bond acceptors (Lipinski definition) is 10. The first-order valence-corrected chi connectivity index (χ1v) is 23.8. The van der Waals surface area contributed by atoms with Crippen molar-refractivity contribution >= 4 is 56.2 Å². The molecular formula is C52H59FN6O7. The first kappa shape index (κ1) is 45.3. The first-order chi connectivity index (χ1) is 32.1. The van der Waals surface area contributed by atoms with Gasteiger partial charge in [-0.2, -0.15) is 0 Å². The number of piperidine rings is 2. The van der Waals surface area contributed by atoms with E-state index in [4.69, 9.17) is 19.9 Å². The lowest BCUT2D eigenvalue weighted by Crippen LogP contribution is -2.41. The second kappa shape index (κ2) is 19.9. The minimum Gasteiger partial charge on any atom is -0.496 e. The quantitative estimate of drug-likeness (QED) is 0.0650. The number of ketones is 1. The second-order valence-electron chi connectivity index (χ2n) is 18.6. The van der Waals surface area contributed by atoms with Crippen LogP contribution in [0, 0.1) is 35.5 Å². The van der Waals surface area contributed by atoms with Crippen molar-refractivity contribution in [3.8, 4) is 23.5 Å². The number of halogens is 1. The fourth-order valence-corrected chi connectivity index (χ4v) is 11.0. The van der Waals surface area contributed by atoms with Crippen LogP contribution in [-0.4, -0.2) is 95.2 Å². The van der Waals surface area contributed by atoms with E-state index in [9.17, 15) is 23.6 Å². The number of methoxy groups -OCH3 is 1. The van der Waals surface area contributed by atoms with E-state index in [1.807, 2.05) is 29.7 Å². The van der Waals surface area contributed by atoms with Gasteiger partial charge in [0.25, 0.3) is 5.91 Å². The molecule has 2 saturated carbocycles. The van der Waals surface area contributed by atoms with Crippen LogP contribution in [0.2, 0.25) is 0 Å². The van der Waals surface area contributed by atoms with E-state index >= 15 is 0 Å². The van der Waals surface area contributed by atoms with E-state index in [2.05, 4.69) is 44.2 Å². The van der Waals surface area contributed by atoms with Gasteiger partial charge < -0.3 is 29.4 Å². The molecule has 13 nitrogen and oxygen atoms in total. The summed E-state index contributed by atoms with van der Waals surface area (Å²) in [5, 5.41) is 5.93. The molecule has 0 radical (unpaired) electrons. The molecule has 5 heterocycles. The van der Waals surface area contributed by atoms with Crippen molar-refractivity contribution in [3.63, 3.8) is 0 Å². The molecule has 3 N–H and O–H groups in total. The molecule has 1 unspecified atom stereocenters. The van der Waals surface area contributed by atoms with Crippen LogP contribution in [0.25, 0.3) is 32.7 Å². The SMILES string of the molecule is CC[C@H]1[C@@H](COc2ncc(C#CC3CCC(CN4CCC(OCCCc5cccc6c5c5cccnc5n6C5CCC(=O)NC5=O)CC4)CC3)c3cc(C(N)=O)c(OC)cc23)CC(=O)[C@H]1F. The van der Waals surface area contributed by atoms with Gasteiger partial charge in [0.15, 0.2) is 12.0 Å². The highest BCUT2D eigenvalue weighted by molar-refractivity contribution is 6.10. The van der Waals surface area contributed by atoms with Gasteiger partial charge in [-0.05, 0) is 106 Å². The number of nitrogens with zero attached hydrogens (tertiary/aromatic N) is 4. The van der Waals surface area contributed by atoms with E-state index in [0.717, 1.165) is 92.9 Å². The van der Waals surface area contributed by atoms with Crippen molar-refractivity contribution in [3.05, 3.63) is 71.5 Å². The van der Waals surface area contributed by atoms with Gasteiger partial charge in [-0.3, -0.25) is 24.5 Å². The van der Waals surface area contributed by atoms with Gasteiger partial charge in [0, 0.05) is 90.8 Å². The van der Waals surface area contributed by atoms with Crippen LogP contribution in [0.4, 0.5) is 4.39 Å². The number of carbonyl (C=O) groups is 4. The number of nitrogens with one attached hydrogen (secondary N) is 1. The minimum atomic E-state index is -1.47. The van der Waals surface area contributed by atoms with Crippen molar-refractivity contribution in [2.75, 3.05) is 40.0 Å². The van der Waals surface area contributed by atoms with E-state index in [1.165, 1.54) is 12.7 Å². The van der Waals surface area contributed by atoms with Gasteiger partial charge in [0.1, 0.15) is 17.4 Å². The largest absolute Gasteiger partial charge is 0.496 e. The molecular weight excluding hydrogens is 840 g/mol. The van der Waals surface area contributed by atoms with Gasteiger partial charge in [-0.1, -0.05) is 30.9 Å². The lowest BCUT2D eigenvalue weighted by atomic mass is 9.81. The second-order valence-corrected chi connectivity index (χ2v) is 18.6. The number of ether oxygens (including phenoxy) is 3. The normalized spacial score (nSPS) is 24.1. The van der Waals surface area contributed by atoms with Gasteiger partial charge in [-0.25, -0.2) is 14.4 Å². The van der Waals surface area contributed by atoms with E-state index in [0.29, 0.717) is 59.8 Å². The first-order valence-electron chi connectivity index (χ1n) is 23.8. The molecule has 5 aromatic rings. The number of imide groups is 1. The molecule has 4 aliphatic rings. The predicted octanol–water partition coefficient (Wildman–Crippen LogP) is 7.43. The lowest BCUT2D eigenvalue weighted by Gasteiger charge is -2.36. The maximum atomic E-state index is 14.5. The monoisotopic (exact) mass is 898 g/mol. The van der Waals surface area contributed by atoms with Crippen molar-refractivity contribution in [2.24, 2.45) is 29.4 Å². The Bertz CT molecular complexity index is 2710. The lowest BCUT2D eigenvalue weighted by molar-refractivity contribution is -0.135. The predicted molar refractivity (Wildman–Crippen MR) is 249 cm³/mol. The fraction of sp³-hybridized carbons (Fsp3) is 0.500. The van der Waals surface area contributed by atoms with Crippen LogP contribution in [-0.2, 0) is 25.5 Å². The maximum Gasteiger partial charge on any atom is 0.252 e. The van der Waals surface area contributed by atoms with Crippen molar-refractivity contribution in [1.29, 1.82) is 0 Å². The minimum absolute atomic E-state index is 0.138. The summed E-state index contributed by atoms with van der Waals surface area (Å²) in [6.07, 6.45) is 11.7. The maximum absolute atomic E-state index is 14.5. The molecule has 66 heavy (non-hydrogen) atoms. The number of fused-ring (bicyclic) bond motifs is 4. The molecule has 2 saturated heterocycles. The molecule has 4 fully saturated rings. The van der Waals surface area contributed by atoms with E-state index in [-0.39, 0.29) is 60.0 Å². The highest BCUT2D eigenvalue weighted by Crippen LogP contribution is 2.39. The Morgan fingerprint density at radius 1 is 0.985 bits per heavy atom. The zero-order valence-corrected chi connectivity index (χ0v) is 37.9. The number of alkyl halides is 1. The number of carbonyl (C=O) groups excluding carboxylic acids is 4. The zero-order valence-electron chi connectivity index (χ0n) is 37.9. The average molecular weight is 899 g/mol. The molecule has 14 heteroatoms. The van der Waals surface area contributed by atoms with Crippen molar-refractivity contribution in [1.82, 2.24) is 24.8 Å². The number of rotatable bonds is 14. The number of hydrogen-bond donors (Lipinski definition) is 2. The smallest absolute Gasteiger partial charge is 0.252 e. The molecule has 0 spiro atoms. The third-order valence-corrected chi connectivity index (χ3v) is 14.5. The Hall–Kier alpha value is -5.91. The summed E-state index contributed by atoms with van der Waals surface area (Å²) < 4.78 is 34.7. The van der Waals surface area contributed by atoms with Gasteiger partial charge in [0.2, 0.25) is 17.7 Å². The summed E-state index contributed by atoms with van der Waals surface area (Å²) in [5.74, 6) is 6.21. The number of nitrogens with two attached hydrogens (primary N) is 1. The van der Waals surface area contributed by atoms with Crippen LogP contribution in [0.1, 0.15) is 105 Å². The standard InChI is InChI=1S/C52H59FN6O7/c1-3-37-35(25-44(60)48(37)53)30-66-52-40-27-45(64-2)41(49(54)62)26-39(40)34(28-56-52)16-15-31-11-13-32(14-12-31)29-58-22-19-36(20-23-58)65-24-6-8-33-7-4-10-42-47(33)38-9-5-21-55-50(38)59(42)43-17-18-46(61)57-51(43)63/h4-5,7,9-10,21,26-28,31-32,35-37,43,48H,3,6,8,11-14,17-20,22-25,29-30H2,1-2H3,(H2,54,62)(H,57,61,63)/t31?,32?,35-,37+,43?,48+/m1/s1. The van der Waals surface area contributed by atoms with Gasteiger partial charge >= 0.3 is 0 Å². The number of pyridine rings is 2. The Morgan fingerprint density at radius 2 is 1.80 bits per heavy atom. The van der Waals surface area contributed by atoms with Crippen LogP contribution in [0.3, 0.4) is 0 Å². The highest BCUT2D eigenvalue weighted by Gasteiger charge is 2.42. The molecule has 0 bridgehead atoms. The summed E-state index contributed by atoms with van der Waals surface area (Å²) >= 11 is 0. The number of aryl methyl sites for hydroxylation is 1. The van der Waals surface area contributed by atoms with Crippen molar-refractivity contribution in [2.45, 2.75) is 102 Å². The fourth-order valence-electron chi connectivity index (χ4n) is 11.0. The van der Waals surface area contributed by atoms with Crippen LogP contribution < -0.4 is 20.5 Å². The van der Waals surface area contributed by atoms with E-state index in [1.54, 1.807) is 24.5 Å². The highest BCUT2D eigenvalue weighted by atomic mass is 19.1. The Morgan fingerprint density at radius 3 is 2.56 bits per heavy atom. The van der Waals surface area contributed by atoms with Gasteiger partial charge in [-0.15, -0.1) is 0 Å². The number of Topliss-reactive ketones (excluding diaryl/α,β-unsaturated/α-hetero) is 1. The molecule has 2 aliphatic heterocycles. The summed E-state index contributed by atoms with van der Waals surface area (Å²) in [7, 11) is 1.47. The topological polar surface area (TPSA) is 168 Å². The van der Waals surface area contributed by atoms with E-state index < -0.39 is 18.1 Å². The molecule has 2 aliphatic carbocycles. The van der Waals surface area contributed by atoms with Crippen LogP contribution in [0.15, 0.2) is 54.9 Å². The summed E-state index contributed by atoms with van der Waals surface area (Å²) in [6, 6.07) is 13.1. The Labute approximate surface area is 384 Å². The molecule has 3 aromatic heterocycles. The third-order valence-electron chi connectivity index (χ3n) is 14.5. The molecule has 346 valence electrons.